The molecule has 1 aromatic heterocycles. The number of carbonyl (C=O) groups is 1. The van der Waals surface area contributed by atoms with Crippen LogP contribution in [0.1, 0.15) is 22.8 Å². The van der Waals surface area contributed by atoms with Crippen molar-refractivity contribution in [3.8, 4) is 11.8 Å². The van der Waals surface area contributed by atoms with Gasteiger partial charge < -0.3 is 15.8 Å². The summed E-state index contributed by atoms with van der Waals surface area (Å²) < 4.78 is 5.48. The predicted octanol–water partition coefficient (Wildman–Crippen LogP) is 1.48. The van der Waals surface area contributed by atoms with Gasteiger partial charge in [-0.3, -0.25) is 4.79 Å². The van der Waals surface area contributed by atoms with E-state index in [0.717, 1.165) is 18.7 Å². The third-order valence-corrected chi connectivity index (χ3v) is 2.61. The maximum absolute atomic E-state index is 10.9. The average molecular weight is 272 g/mol. The van der Waals surface area contributed by atoms with E-state index in [2.05, 4.69) is 15.3 Å². The zero-order valence-corrected chi connectivity index (χ0v) is 11.2. The molecule has 2 aromatic rings. The van der Waals surface area contributed by atoms with E-state index < -0.39 is 5.91 Å². The number of benzene rings is 1. The maximum Gasteiger partial charge on any atom is 0.321 e. The minimum atomic E-state index is -0.472. The number of carbonyl (C=O) groups excluding carboxylic acids is 1. The zero-order chi connectivity index (χ0) is 14.4. The Labute approximate surface area is 117 Å². The second-order valence-corrected chi connectivity index (χ2v) is 4.14. The average Bonchev–Trinajstić information content (AvgIpc) is 2.47. The van der Waals surface area contributed by atoms with Gasteiger partial charge in [0.15, 0.2) is 0 Å². The Balaban J connectivity index is 2.00. The summed E-state index contributed by atoms with van der Waals surface area (Å²) in [5.74, 6) is 0.0787. The second-order valence-electron chi connectivity index (χ2n) is 4.14. The van der Waals surface area contributed by atoms with Crippen molar-refractivity contribution in [2.75, 3.05) is 6.54 Å². The summed E-state index contributed by atoms with van der Waals surface area (Å²) in [7, 11) is 0. The van der Waals surface area contributed by atoms with Gasteiger partial charge in [0.25, 0.3) is 0 Å². The molecule has 104 valence electrons. The normalized spacial score (nSPS) is 10.2. The molecule has 2 rings (SSSR count). The van der Waals surface area contributed by atoms with E-state index >= 15 is 0 Å². The van der Waals surface area contributed by atoms with Crippen molar-refractivity contribution in [3.05, 3.63) is 47.8 Å². The number of nitrogens with zero attached hydrogens (tertiary/aromatic N) is 2. The summed E-state index contributed by atoms with van der Waals surface area (Å²) in [6.45, 7) is 3.66. The molecule has 0 atom stereocenters. The van der Waals surface area contributed by atoms with Crippen LogP contribution in [0.25, 0.3) is 0 Å². The van der Waals surface area contributed by atoms with E-state index in [0.29, 0.717) is 11.3 Å². The third kappa shape index (κ3) is 3.76. The summed E-state index contributed by atoms with van der Waals surface area (Å²) in [6, 6.07) is 6.75. The fourth-order valence-corrected chi connectivity index (χ4v) is 1.55. The molecule has 1 amide bonds. The second kappa shape index (κ2) is 6.63. The molecule has 0 aliphatic rings. The van der Waals surface area contributed by atoms with Crippen LogP contribution in [0, 0.1) is 0 Å². The van der Waals surface area contributed by atoms with Crippen LogP contribution in [-0.2, 0) is 6.54 Å². The molecule has 0 fully saturated rings. The first-order chi connectivity index (χ1) is 9.69. The minimum absolute atomic E-state index is 0.261. The number of nitrogens with one attached hydrogen (secondary N) is 1. The number of hydrogen-bond acceptors (Lipinski definition) is 5. The van der Waals surface area contributed by atoms with Crippen molar-refractivity contribution >= 4 is 5.91 Å². The standard InChI is InChI=1S/C14H16N4O2/c1-2-16-7-10-8-17-14(18-9-10)20-12-5-3-11(4-6-12)13(15)19/h3-6,8-9,16H,2,7H2,1H3,(H2,15,19). The fourth-order valence-electron chi connectivity index (χ4n) is 1.55. The van der Waals surface area contributed by atoms with Crippen LogP contribution in [0.4, 0.5) is 0 Å². The van der Waals surface area contributed by atoms with E-state index in [-0.39, 0.29) is 6.01 Å². The van der Waals surface area contributed by atoms with E-state index in [4.69, 9.17) is 10.5 Å². The molecule has 0 bridgehead atoms. The fraction of sp³-hybridized carbons (Fsp3) is 0.214. The van der Waals surface area contributed by atoms with Gasteiger partial charge >= 0.3 is 6.01 Å². The molecule has 6 heteroatoms. The van der Waals surface area contributed by atoms with E-state index in [1.807, 2.05) is 6.92 Å². The zero-order valence-electron chi connectivity index (χ0n) is 11.2. The largest absolute Gasteiger partial charge is 0.424 e. The van der Waals surface area contributed by atoms with Crippen molar-refractivity contribution < 1.29 is 9.53 Å². The molecule has 20 heavy (non-hydrogen) atoms. The number of nitrogens with two attached hydrogens (primary N) is 1. The predicted molar refractivity (Wildman–Crippen MR) is 74.4 cm³/mol. The van der Waals surface area contributed by atoms with Gasteiger partial charge in [-0.15, -0.1) is 0 Å². The van der Waals surface area contributed by atoms with Crippen LogP contribution in [0.3, 0.4) is 0 Å². The highest BCUT2D eigenvalue weighted by Crippen LogP contribution is 2.17. The lowest BCUT2D eigenvalue weighted by molar-refractivity contribution is 0.100. The van der Waals surface area contributed by atoms with Gasteiger partial charge in [-0.25, -0.2) is 9.97 Å². The number of primary amides is 1. The molecule has 0 saturated carbocycles. The Morgan fingerprint density at radius 1 is 1.25 bits per heavy atom. The Hall–Kier alpha value is -2.47. The first-order valence-corrected chi connectivity index (χ1v) is 6.28. The highest BCUT2D eigenvalue weighted by Gasteiger charge is 2.03. The van der Waals surface area contributed by atoms with Crippen LogP contribution >= 0.6 is 0 Å². The molecule has 0 aliphatic heterocycles. The smallest absolute Gasteiger partial charge is 0.321 e. The third-order valence-electron chi connectivity index (χ3n) is 2.61. The summed E-state index contributed by atoms with van der Waals surface area (Å²) in [5.41, 5.74) is 6.58. The van der Waals surface area contributed by atoms with Gasteiger partial charge in [0.2, 0.25) is 5.91 Å². The number of rotatable bonds is 6. The van der Waals surface area contributed by atoms with Crippen LogP contribution in [0.5, 0.6) is 11.8 Å². The monoisotopic (exact) mass is 272 g/mol. The van der Waals surface area contributed by atoms with Gasteiger partial charge in [0.05, 0.1) is 0 Å². The van der Waals surface area contributed by atoms with Crippen molar-refractivity contribution in [1.82, 2.24) is 15.3 Å². The Bertz CT molecular complexity index is 567. The van der Waals surface area contributed by atoms with Gasteiger partial charge in [-0.2, -0.15) is 0 Å². The first kappa shape index (κ1) is 14.0. The molecule has 0 unspecified atom stereocenters. The molecule has 0 saturated heterocycles. The Kier molecular flexibility index (Phi) is 4.62. The Morgan fingerprint density at radius 3 is 2.45 bits per heavy atom. The van der Waals surface area contributed by atoms with E-state index in [1.165, 1.54) is 0 Å². The molecule has 6 nitrogen and oxygen atoms in total. The molecule has 1 heterocycles. The van der Waals surface area contributed by atoms with Crippen LogP contribution in [0.15, 0.2) is 36.7 Å². The molecule has 1 aromatic carbocycles. The summed E-state index contributed by atoms with van der Waals surface area (Å²) in [6.07, 6.45) is 3.42. The van der Waals surface area contributed by atoms with Crippen molar-refractivity contribution in [1.29, 1.82) is 0 Å². The van der Waals surface area contributed by atoms with Crippen molar-refractivity contribution in [2.24, 2.45) is 5.73 Å². The van der Waals surface area contributed by atoms with Gasteiger partial charge in [0, 0.05) is 30.1 Å². The topological polar surface area (TPSA) is 90.1 Å². The van der Waals surface area contributed by atoms with Crippen LogP contribution < -0.4 is 15.8 Å². The lowest BCUT2D eigenvalue weighted by Crippen LogP contribution is -2.12. The highest BCUT2D eigenvalue weighted by atomic mass is 16.5. The van der Waals surface area contributed by atoms with Gasteiger partial charge in [-0.1, -0.05) is 6.92 Å². The molecular weight excluding hydrogens is 256 g/mol. The van der Waals surface area contributed by atoms with E-state index in [1.54, 1.807) is 36.7 Å². The molecule has 0 aliphatic carbocycles. The minimum Gasteiger partial charge on any atom is -0.424 e. The number of ether oxygens (including phenoxy) is 1. The Morgan fingerprint density at radius 2 is 1.90 bits per heavy atom. The maximum atomic E-state index is 10.9. The number of hydrogen-bond donors (Lipinski definition) is 2. The van der Waals surface area contributed by atoms with Gasteiger partial charge in [-0.05, 0) is 30.8 Å². The summed E-state index contributed by atoms with van der Waals surface area (Å²) in [4.78, 5) is 19.2. The van der Waals surface area contributed by atoms with E-state index in [9.17, 15) is 4.79 Å². The highest BCUT2D eigenvalue weighted by molar-refractivity contribution is 5.92. The molecule has 3 N–H and O–H groups in total. The van der Waals surface area contributed by atoms with Crippen molar-refractivity contribution in [3.63, 3.8) is 0 Å². The lowest BCUT2D eigenvalue weighted by atomic mass is 10.2. The van der Waals surface area contributed by atoms with Crippen LogP contribution in [-0.4, -0.2) is 22.4 Å². The lowest BCUT2D eigenvalue weighted by Gasteiger charge is -2.05. The number of aromatic nitrogens is 2. The summed E-state index contributed by atoms with van der Waals surface area (Å²) >= 11 is 0. The molecule has 0 radical (unpaired) electrons. The first-order valence-electron chi connectivity index (χ1n) is 6.28. The van der Waals surface area contributed by atoms with Gasteiger partial charge in [0.1, 0.15) is 5.75 Å². The molecule has 0 spiro atoms. The van der Waals surface area contributed by atoms with Crippen molar-refractivity contribution in [2.45, 2.75) is 13.5 Å². The molecular formula is C14H16N4O2. The van der Waals surface area contributed by atoms with Crippen LogP contribution in [0.2, 0.25) is 0 Å². The quantitative estimate of drug-likeness (QED) is 0.831. The summed E-state index contributed by atoms with van der Waals surface area (Å²) in [5, 5.41) is 3.19. The SMILES string of the molecule is CCNCc1cnc(Oc2ccc(C(N)=O)cc2)nc1. The number of amides is 1.